The van der Waals surface area contributed by atoms with Gasteiger partial charge in [0.15, 0.2) is 11.5 Å². The Kier molecular flexibility index (Phi) is 27.2. The number of rotatable bonds is 22. The fourth-order valence-electron chi connectivity index (χ4n) is 2.43. The topological polar surface area (TPSA) is 170 Å². The van der Waals surface area contributed by atoms with Gasteiger partial charge >= 0.3 is 103 Å². The maximum Gasteiger partial charge on any atom is 1.00 e. The van der Waals surface area contributed by atoms with Crippen LogP contribution in [0.3, 0.4) is 0 Å². The van der Waals surface area contributed by atoms with Crippen LogP contribution < -0.4 is 112 Å². The smallest absolute Gasteiger partial charge is 0.748 e. The molecule has 0 bridgehead atoms. The minimum atomic E-state index is -4.20. The van der Waals surface area contributed by atoms with Crippen LogP contribution in [0.5, 0.6) is 11.5 Å². The molecule has 36 heavy (non-hydrogen) atoms. The van der Waals surface area contributed by atoms with Crippen molar-refractivity contribution in [2.45, 2.75) is 12.8 Å². The van der Waals surface area contributed by atoms with E-state index < -0.39 is 31.7 Å². The van der Waals surface area contributed by atoms with Gasteiger partial charge in [-0.2, -0.15) is 0 Å². The first-order valence-electron chi connectivity index (χ1n) is 10.7. The molecule has 0 radical (unpaired) electrons. The predicted molar refractivity (Wildman–Crippen MR) is 119 cm³/mol. The van der Waals surface area contributed by atoms with Crippen LogP contribution in [-0.2, 0) is 39.2 Å². The van der Waals surface area contributed by atoms with Crippen molar-refractivity contribution < 1.29 is 157 Å². The summed E-state index contributed by atoms with van der Waals surface area (Å²) in [6.45, 7) is 2.75. The maximum atomic E-state index is 10.5. The average molecular weight is 607 g/mol. The van der Waals surface area contributed by atoms with Gasteiger partial charge in [-0.15, -0.1) is 0 Å². The molecule has 0 N–H and O–H groups in total. The van der Waals surface area contributed by atoms with E-state index in [4.69, 9.17) is 28.4 Å². The zero-order valence-electron chi connectivity index (χ0n) is 20.9. The van der Waals surface area contributed by atoms with E-state index in [1.54, 1.807) is 12.1 Å². The van der Waals surface area contributed by atoms with Gasteiger partial charge in [0.05, 0.1) is 59.9 Å². The Balaban J connectivity index is 0. The summed E-state index contributed by atoms with van der Waals surface area (Å²) in [5, 5.41) is 0. The number of ether oxygens (including phenoxy) is 6. The van der Waals surface area contributed by atoms with E-state index in [2.05, 4.69) is 0 Å². The molecule has 0 saturated carbocycles. The third kappa shape index (κ3) is 26.0. The molecule has 1 rings (SSSR count). The summed E-state index contributed by atoms with van der Waals surface area (Å²) in [6, 6.07) is 7.15. The molecule has 0 aromatic heterocycles. The molecule has 0 unspecified atom stereocenters. The van der Waals surface area contributed by atoms with Gasteiger partial charge in [0, 0.05) is 24.7 Å². The Morgan fingerprint density at radius 1 is 0.528 bits per heavy atom. The van der Waals surface area contributed by atoms with Gasteiger partial charge < -0.3 is 37.5 Å². The molecule has 0 atom stereocenters. The first-order chi connectivity index (χ1) is 16.2. The SMILES string of the molecule is O=S(=O)([O-])CCCOCCOCCOc1ccccc1OCCOCCOCCCS(=O)(=O)[O-].[K+].[K+]. The molecule has 0 aliphatic carbocycles. The van der Waals surface area contributed by atoms with Gasteiger partial charge in [-0.3, -0.25) is 0 Å². The second kappa shape index (κ2) is 24.5. The van der Waals surface area contributed by atoms with E-state index in [-0.39, 0.29) is 155 Å². The standard InChI is InChI=1S/C20H34O12S2.2K/c21-33(22,23)17-3-7-27-9-11-29-13-15-31-19-5-1-2-6-20(19)32-16-14-30-12-10-28-8-4-18-34(24,25)26;;/h1-2,5-6H,3-4,7-18H2,(H,21,22,23)(H,24,25,26);;/q;2*+1/p-2. The van der Waals surface area contributed by atoms with Gasteiger partial charge in [-0.25, -0.2) is 16.8 Å². The van der Waals surface area contributed by atoms with Gasteiger partial charge in [-0.05, 0) is 25.0 Å². The molecule has 16 heteroatoms. The van der Waals surface area contributed by atoms with Crippen molar-refractivity contribution >= 4 is 20.2 Å². The first kappa shape index (κ1) is 39.9. The van der Waals surface area contributed by atoms with Crippen molar-refractivity contribution in [3.05, 3.63) is 24.3 Å². The number of hydrogen-bond donors (Lipinski definition) is 0. The van der Waals surface area contributed by atoms with Crippen LogP contribution in [0.15, 0.2) is 24.3 Å². The fraction of sp³-hybridized carbons (Fsp3) is 0.700. The van der Waals surface area contributed by atoms with Crippen molar-refractivity contribution in [1.82, 2.24) is 0 Å². The molecule has 0 fully saturated rings. The van der Waals surface area contributed by atoms with Crippen molar-refractivity contribution in [3.8, 4) is 11.5 Å². The van der Waals surface area contributed by atoms with Crippen molar-refractivity contribution in [2.24, 2.45) is 0 Å². The van der Waals surface area contributed by atoms with E-state index in [9.17, 15) is 25.9 Å². The monoisotopic (exact) mass is 606 g/mol. The van der Waals surface area contributed by atoms with Crippen LogP contribution in [0.2, 0.25) is 0 Å². The van der Waals surface area contributed by atoms with E-state index in [1.807, 2.05) is 12.1 Å². The largest absolute Gasteiger partial charge is 1.00 e. The third-order valence-electron chi connectivity index (χ3n) is 3.93. The third-order valence-corrected chi connectivity index (χ3v) is 5.51. The van der Waals surface area contributed by atoms with Gasteiger partial charge in [0.1, 0.15) is 13.2 Å². The van der Waals surface area contributed by atoms with Crippen molar-refractivity contribution in [3.63, 3.8) is 0 Å². The van der Waals surface area contributed by atoms with Crippen LogP contribution in [0.1, 0.15) is 12.8 Å². The molecule has 1 aromatic carbocycles. The van der Waals surface area contributed by atoms with Crippen LogP contribution in [0.25, 0.3) is 0 Å². The zero-order valence-corrected chi connectivity index (χ0v) is 28.8. The van der Waals surface area contributed by atoms with Gasteiger partial charge in [0.2, 0.25) is 0 Å². The molecule has 0 saturated heterocycles. The number of benzene rings is 1. The van der Waals surface area contributed by atoms with Crippen molar-refractivity contribution in [2.75, 3.05) is 77.6 Å². The molecule has 198 valence electrons. The summed E-state index contributed by atoms with van der Waals surface area (Å²) in [7, 11) is -8.40. The minimum absolute atomic E-state index is 0. The normalized spacial score (nSPS) is 11.4. The van der Waals surface area contributed by atoms with E-state index in [0.717, 1.165) is 0 Å². The Morgan fingerprint density at radius 2 is 0.833 bits per heavy atom. The second-order valence-electron chi connectivity index (χ2n) is 6.82. The number of hydrogen-bond acceptors (Lipinski definition) is 12. The van der Waals surface area contributed by atoms with Crippen LogP contribution in [-0.4, -0.2) is 104 Å². The summed E-state index contributed by atoms with van der Waals surface area (Å²) in [6.07, 6.45) is 0.310. The summed E-state index contributed by atoms with van der Waals surface area (Å²) in [5.41, 5.74) is 0. The summed E-state index contributed by atoms with van der Waals surface area (Å²) < 4.78 is 95.1. The van der Waals surface area contributed by atoms with Crippen LogP contribution in [0.4, 0.5) is 0 Å². The molecule has 0 aliphatic rings. The summed E-state index contributed by atoms with van der Waals surface area (Å²) >= 11 is 0. The second-order valence-corrected chi connectivity index (χ2v) is 9.87. The fourth-order valence-corrected chi connectivity index (χ4v) is 3.37. The molecule has 0 amide bonds. The first-order valence-corrected chi connectivity index (χ1v) is 13.9. The Hall–Kier alpha value is 1.75. The predicted octanol–water partition coefficient (Wildman–Crippen LogP) is -5.61. The minimum Gasteiger partial charge on any atom is -0.748 e. The molecule has 0 heterocycles. The summed E-state index contributed by atoms with van der Waals surface area (Å²) in [5.74, 6) is 0.226. The van der Waals surface area contributed by atoms with Crippen LogP contribution >= 0.6 is 0 Å². The van der Waals surface area contributed by atoms with Gasteiger partial charge in [-0.1, -0.05) is 12.1 Å². The van der Waals surface area contributed by atoms with Gasteiger partial charge in [0.25, 0.3) is 0 Å². The van der Waals surface area contributed by atoms with E-state index >= 15 is 0 Å². The summed E-state index contributed by atoms with van der Waals surface area (Å²) in [4.78, 5) is 0. The maximum absolute atomic E-state index is 10.5. The molecule has 12 nitrogen and oxygen atoms in total. The Morgan fingerprint density at radius 3 is 1.17 bits per heavy atom. The Bertz CT molecular complexity index is 798. The average Bonchev–Trinajstić information content (AvgIpc) is 2.75. The van der Waals surface area contributed by atoms with E-state index in [1.165, 1.54) is 0 Å². The van der Waals surface area contributed by atoms with Crippen LogP contribution in [0, 0.1) is 0 Å². The number of para-hydroxylation sites is 2. The van der Waals surface area contributed by atoms with E-state index in [0.29, 0.717) is 37.9 Å². The molecular formula is C20H32K2O12S2. The molecule has 0 spiro atoms. The zero-order chi connectivity index (χ0) is 25.1. The molecule has 0 aliphatic heterocycles. The van der Waals surface area contributed by atoms with Crippen molar-refractivity contribution in [1.29, 1.82) is 0 Å². The Labute approximate surface area is 298 Å². The molecular weight excluding hydrogens is 575 g/mol. The molecule has 1 aromatic rings. The quantitative estimate of drug-likeness (QED) is 0.0698.